The van der Waals surface area contributed by atoms with Crippen molar-refractivity contribution in [2.24, 2.45) is 5.84 Å². The Labute approximate surface area is 118 Å². The van der Waals surface area contributed by atoms with Crippen molar-refractivity contribution in [3.8, 4) is 0 Å². The van der Waals surface area contributed by atoms with Gasteiger partial charge in [-0.15, -0.1) is 0 Å². The molecule has 0 radical (unpaired) electrons. The molecule has 0 aliphatic heterocycles. The molecule has 1 aromatic carbocycles. The highest BCUT2D eigenvalue weighted by Crippen LogP contribution is 2.34. The van der Waals surface area contributed by atoms with Crippen LogP contribution in [-0.2, 0) is 12.8 Å². The normalized spacial score (nSPS) is 19.9. The summed E-state index contributed by atoms with van der Waals surface area (Å²) in [4.78, 5) is 0. The summed E-state index contributed by atoms with van der Waals surface area (Å²) in [5.41, 5.74) is 7.44. The topological polar surface area (TPSA) is 38.0 Å². The minimum absolute atomic E-state index is 0.330. The maximum Gasteiger partial charge on any atom is 0.0319 e. The average Bonchev–Trinajstić information content (AvgIpc) is 2.97. The Morgan fingerprint density at radius 2 is 2.21 bits per heavy atom. The van der Waals surface area contributed by atoms with Crippen LogP contribution < -0.4 is 11.3 Å². The summed E-state index contributed by atoms with van der Waals surface area (Å²) in [6, 6.07) is 11.4. The minimum atomic E-state index is 0.330. The van der Waals surface area contributed by atoms with Crippen molar-refractivity contribution >= 4 is 11.3 Å². The lowest BCUT2D eigenvalue weighted by atomic mass is 9.77. The quantitative estimate of drug-likeness (QED) is 0.662. The summed E-state index contributed by atoms with van der Waals surface area (Å²) in [7, 11) is 0. The summed E-state index contributed by atoms with van der Waals surface area (Å²) >= 11 is 1.76. The molecule has 1 aliphatic rings. The van der Waals surface area contributed by atoms with Crippen LogP contribution in [-0.4, -0.2) is 6.04 Å². The van der Waals surface area contributed by atoms with Crippen molar-refractivity contribution in [2.75, 3.05) is 0 Å². The zero-order valence-electron chi connectivity index (χ0n) is 11.0. The van der Waals surface area contributed by atoms with Crippen molar-refractivity contribution < 1.29 is 0 Å². The minimum Gasteiger partial charge on any atom is -0.271 e. The first kappa shape index (κ1) is 12.9. The molecule has 3 heteroatoms. The first-order valence-electron chi connectivity index (χ1n) is 6.93. The van der Waals surface area contributed by atoms with E-state index in [9.17, 15) is 0 Å². The summed E-state index contributed by atoms with van der Waals surface area (Å²) in [5, 5.41) is 4.36. The molecule has 0 spiro atoms. The van der Waals surface area contributed by atoms with Crippen LogP contribution in [0.15, 0.2) is 41.1 Å². The Morgan fingerprint density at radius 3 is 3.00 bits per heavy atom. The van der Waals surface area contributed by atoms with Gasteiger partial charge in [-0.05, 0) is 59.2 Å². The SMILES string of the molecule is NNC(Cc1ccsc1)C1CCCc2ccccc21. The van der Waals surface area contributed by atoms with E-state index in [1.54, 1.807) is 11.3 Å². The van der Waals surface area contributed by atoms with E-state index in [0.717, 1.165) is 6.42 Å². The molecule has 0 saturated heterocycles. The van der Waals surface area contributed by atoms with Crippen molar-refractivity contribution in [3.05, 3.63) is 57.8 Å². The zero-order chi connectivity index (χ0) is 13.1. The lowest BCUT2D eigenvalue weighted by Crippen LogP contribution is -2.42. The van der Waals surface area contributed by atoms with Crippen LogP contribution in [0.3, 0.4) is 0 Å². The van der Waals surface area contributed by atoms with Crippen LogP contribution >= 0.6 is 11.3 Å². The van der Waals surface area contributed by atoms with Gasteiger partial charge in [0, 0.05) is 12.0 Å². The number of benzene rings is 1. The maximum atomic E-state index is 5.83. The molecule has 2 aromatic rings. The Kier molecular flexibility index (Phi) is 3.97. The molecule has 1 heterocycles. The molecule has 0 bridgehead atoms. The molecule has 0 fully saturated rings. The molecule has 1 aliphatic carbocycles. The van der Waals surface area contributed by atoms with Crippen molar-refractivity contribution in [1.29, 1.82) is 0 Å². The Hall–Kier alpha value is -1.16. The van der Waals surface area contributed by atoms with Crippen LogP contribution in [0.1, 0.15) is 35.4 Å². The number of hydrogen-bond acceptors (Lipinski definition) is 3. The third kappa shape index (κ3) is 2.73. The number of fused-ring (bicyclic) bond motifs is 1. The molecule has 2 atom stereocenters. The number of hydrogen-bond donors (Lipinski definition) is 2. The molecule has 2 unspecified atom stereocenters. The van der Waals surface area contributed by atoms with Gasteiger partial charge in [0.25, 0.3) is 0 Å². The number of nitrogens with two attached hydrogens (primary N) is 1. The van der Waals surface area contributed by atoms with Gasteiger partial charge in [-0.2, -0.15) is 11.3 Å². The van der Waals surface area contributed by atoms with Gasteiger partial charge in [0.2, 0.25) is 0 Å². The maximum absolute atomic E-state index is 5.83. The number of rotatable bonds is 4. The van der Waals surface area contributed by atoms with Crippen LogP contribution in [0.4, 0.5) is 0 Å². The Bertz CT molecular complexity index is 521. The van der Waals surface area contributed by atoms with E-state index in [2.05, 4.69) is 46.5 Å². The second-order valence-electron chi connectivity index (χ2n) is 5.31. The standard InChI is InChI=1S/C16H20N2S/c17-18-16(10-12-8-9-19-11-12)15-7-3-5-13-4-1-2-6-14(13)15/h1-2,4,6,8-9,11,15-16,18H,3,5,7,10,17H2. The van der Waals surface area contributed by atoms with Gasteiger partial charge in [0.1, 0.15) is 0 Å². The number of hydrazine groups is 1. The molecule has 3 N–H and O–H groups in total. The lowest BCUT2D eigenvalue weighted by molar-refractivity contribution is 0.395. The molecule has 0 amide bonds. The number of aryl methyl sites for hydroxylation is 1. The predicted molar refractivity (Wildman–Crippen MR) is 81.3 cm³/mol. The fraction of sp³-hybridized carbons (Fsp3) is 0.375. The van der Waals surface area contributed by atoms with E-state index in [0.29, 0.717) is 12.0 Å². The lowest BCUT2D eigenvalue weighted by Gasteiger charge is -2.32. The van der Waals surface area contributed by atoms with Gasteiger partial charge in [-0.3, -0.25) is 11.3 Å². The predicted octanol–water partition coefficient (Wildman–Crippen LogP) is 3.24. The van der Waals surface area contributed by atoms with E-state index in [-0.39, 0.29) is 0 Å². The summed E-state index contributed by atoms with van der Waals surface area (Å²) < 4.78 is 0. The van der Waals surface area contributed by atoms with E-state index in [1.165, 1.54) is 36.0 Å². The van der Waals surface area contributed by atoms with Crippen molar-refractivity contribution in [3.63, 3.8) is 0 Å². The van der Waals surface area contributed by atoms with Crippen molar-refractivity contribution in [1.82, 2.24) is 5.43 Å². The fourth-order valence-electron chi connectivity index (χ4n) is 3.19. The van der Waals surface area contributed by atoms with Crippen LogP contribution in [0, 0.1) is 0 Å². The largest absolute Gasteiger partial charge is 0.271 e. The zero-order valence-corrected chi connectivity index (χ0v) is 11.8. The molecule has 19 heavy (non-hydrogen) atoms. The molecular formula is C16H20N2S. The van der Waals surface area contributed by atoms with E-state index >= 15 is 0 Å². The second kappa shape index (κ2) is 5.87. The summed E-state index contributed by atoms with van der Waals surface area (Å²) in [6.07, 6.45) is 4.72. The van der Waals surface area contributed by atoms with Gasteiger partial charge in [-0.25, -0.2) is 0 Å². The van der Waals surface area contributed by atoms with Crippen molar-refractivity contribution in [2.45, 2.75) is 37.6 Å². The molecule has 1 aromatic heterocycles. The monoisotopic (exact) mass is 272 g/mol. The number of nitrogens with one attached hydrogen (secondary N) is 1. The fourth-order valence-corrected chi connectivity index (χ4v) is 3.87. The highest BCUT2D eigenvalue weighted by Gasteiger charge is 2.27. The molecule has 100 valence electrons. The molecule has 3 rings (SSSR count). The van der Waals surface area contributed by atoms with Gasteiger partial charge in [0.15, 0.2) is 0 Å². The molecular weight excluding hydrogens is 252 g/mol. The van der Waals surface area contributed by atoms with Gasteiger partial charge in [-0.1, -0.05) is 24.3 Å². The van der Waals surface area contributed by atoms with Gasteiger partial charge < -0.3 is 0 Å². The van der Waals surface area contributed by atoms with Crippen LogP contribution in [0.2, 0.25) is 0 Å². The Morgan fingerprint density at radius 1 is 1.32 bits per heavy atom. The second-order valence-corrected chi connectivity index (χ2v) is 6.09. The molecule has 2 nitrogen and oxygen atoms in total. The first-order valence-corrected chi connectivity index (χ1v) is 7.88. The van der Waals surface area contributed by atoms with E-state index < -0.39 is 0 Å². The van der Waals surface area contributed by atoms with Gasteiger partial charge in [0.05, 0.1) is 0 Å². The van der Waals surface area contributed by atoms with E-state index in [1.807, 2.05) is 0 Å². The molecule has 0 saturated carbocycles. The highest BCUT2D eigenvalue weighted by atomic mass is 32.1. The Balaban J connectivity index is 1.84. The third-order valence-corrected chi connectivity index (χ3v) is 4.88. The van der Waals surface area contributed by atoms with Crippen LogP contribution in [0.5, 0.6) is 0 Å². The van der Waals surface area contributed by atoms with E-state index in [4.69, 9.17) is 5.84 Å². The number of thiophene rings is 1. The summed E-state index contributed by atoms with van der Waals surface area (Å²) in [6.45, 7) is 0. The van der Waals surface area contributed by atoms with Crippen LogP contribution in [0.25, 0.3) is 0 Å². The smallest absolute Gasteiger partial charge is 0.0319 e. The summed E-state index contributed by atoms with van der Waals surface area (Å²) in [5.74, 6) is 6.37. The van der Waals surface area contributed by atoms with Gasteiger partial charge >= 0.3 is 0 Å². The average molecular weight is 272 g/mol. The third-order valence-electron chi connectivity index (χ3n) is 4.15. The first-order chi connectivity index (χ1) is 9.38. The highest BCUT2D eigenvalue weighted by molar-refractivity contribution is 7.07.